The molecule has 0 aromatic carbocycles. The molecule has 0 radical (unpaired) electrons. The normalized spacial score (nSPS) is 20.6. The Labute approximate surface area is 114 Å². The van der Waals surface area contributed by atoms with Crippen molar-refractivity contribution in [2.45, 2.75) is 6.10 Å². The highest BCUT2D eigenvalue weighted by molar-refractivity contribution is 7.17. The van der Waals surface area contributed by atoms with Crippen LogP contribution in [0.25, 0.3) is 6.08 Å². The molecule has 18 heavy (non-hydrogen) atoms. The summed E-state index contributed by atoms with van der Waals surface area (Å²) in [6.45, 7) is 1.40. The van der Waals surface area contributed by atoms with Gasteiger partial charge in [0.2, 0.25) is 5.91 Å². The van der Waals surface area contributed by atoms with Crippen LogP contribution >= 0.6 is 22.9 Å². The van der Waals surface area contributed by atoms with Crippen LogP contribution in [0.5, 0.6) is 0 Å². The number of morpholine rings is 1. The highest BCUT2D eigenvalue weighted by Crippen LogP contribution is 2.22. The van der Waals surface area contributed by atoms with Gasteiger partial charge in [0.15, 0.2) is 0 Å². The molecule has 1 N–H and O–H groups in total. The first-order valence-corrected chi connectivity index (χ1v) is 6.83. The quantitative estimate of drug-likeness (QED) is 0.860. The summed E-state index contributed by atoms with van der Waals surface area (Å²) in [5, 5.41) is 9.01. The fourth-order valence-corrected chi connectivity index (χ4v) is 2.67. The zero-order chi connectivity index (χ0) is 13.0. The molecule has 4 nitrogen and oxygen atoms in total. The average molecular weight is 288 g/mol. The Kier molecular flexibility index (Phi) is 4.77. The molecule has 1 fully saturated rings. The Morgan fingerprint density at radius 1 is 1.67 bits per heavy atom. The molecule has 1 unspecified atom stereocenters. The van der Waals surface area contributed by atoms with E-state index in [4.69, 9.17) is 21.4 Å². The number of carbonyl (C=O) groups excluding carboxylic acids is 1. The summed E-state index contributed by atoms with van der Waals surface area (Å²) >= 11 is 7.23. The number of thiophene rings is 1. The highest BCUT2D eigenvalue weighted by atomic mass is 35.5. The number of aliphatic hydroxyl groups is 1. The van der Waals surface area contributed by atoms with Gasteiger partial charge < -0.3 is 14.7 Å². The van der Waals surface area contributed by atoms with Crippen molar-refractivity contribution in [2.24, 2.45) is 0 Å². The molecule has 0 bridgehead atoms. The third kappa shape index (κ3) is 3.55. The molecule has 1 aromatic heterocycles. The smallest absolute Gasteiger partial charge is 0.246 e. The third-order valence-electron chi connectivity index (χ3n) is 2.64. The van der Waals surface area contributed by atoms with E-state index in [0.717, 1.165) is 4.88 Å². The first-order chi connectivity index (χ1) is 8.69. The number of hydrogen-bond acceptors (Lipinski definition) is 4. The first-order valence-electron chi connectivity index (χ1n) is 5.64. The number of halogens is 1. The van der Waals surface area contributed by atoms with Crippen molar-refractivity contribution in [3.63, 3.8) is 0 Å². The summed E-state index contributed by atoms with van der Waals surface area (Å²) in [5.41, 5.74) is 0. The molecule has 0 aliphatic carbocycles. The number of ether oxygens (including phenoxy) is 1. The van der Waals surface area contributed by atoms with Gasteiger partial charge in [-0.3, -0.25) is 4.79 Å². The van der Waals surface area contributed by atoms with E-state index in [-0.39, 0.29) is 18.6 Å². The SMILES string of the molecule is O=C(/C=C/c1ccc(Cl)s1)N1CCOC(CO)C1. The lowest BCUT2D eigenvalue weighted by molar-refractivity contribution is -0.134. The Morgan fingerprint density at radius 3 is 3.17 bits per heavy atom. The predicted molar refractivity (Wildman–Crippen MR) is 71.8 cm³/mol. The van der Waals surface area contributed by atoms with Crippen LogP contribution in [0.4, 0.5) is 0 Å². The maximum atomic E-state index is 11.9. The predicted octanol–water partition coefficient (Wildman–Crippen LogP) is 1.63. The van der Waals surface area contributed by atoms with Gasteiger partial charge in [-0.1, -0.05) is 11.6 Å². The number of rotatable bonds is 3. The van der Waals surface area contributed by atoms with Crippen molar-refractivity contribution in [3.8, 4) is 0 Å². The molecule has 1 saturated heterocycles. The molecular formula is C12H14ClNO3S. The fourth-order valence-electron chi connectivity index (χ4n) is 1.71. The molecule has 1 aliphatic heterocycles. The van der Waals surface area contributed by atoms with Gasteiger partial charge in [0.05, 0.1) is 23.7 Å². The summed E-state index contributed by atoms with van der Waals surface area (Å²) in [4.78, 5) is 14.5. The van der Waals surface area contributed by atoms with Crippen molar-refractivity contribution >= 4 is 34.9 Å². The Bertz CT molecular complexity index is 446. The monoisotopic (exact) mass is 287 g/mol. The van der Waals surface area contributed by atoms with Crippen LogP contribution in [-0.2, 0) is 9.53 Å². The molecule has 2 rings (SSSR count). The number of aliphatic hydroxyl groups excluding tert-OH is 1. The summed E-state index contributed by atoms with van der Waals surface area (Å²) in [6, 6.07) is 3.67. The minimum atomic E-state index is -0.271. The molecule has 1 aromatic rings. The number of hydrogen-bond donors (Lipinski definition) is 1. The third-order valence-corrected chi connectivity index (χ3v) is 3.83. The zero-order valence-electron chi connectivity index (χ0n) is 9.71. The van der Waals surface area contributed by atoms with Gasteiger partial charge in [-0.15, -0.1) is 11.3 Å². The van der Waals surface area contributed by atoms with Gasteiger partial charge in [-0.05, 0) is 18.2 Å². The second kappa shape index (κ2) is 6.33. The van der Waals surface area contributed by atoms with Crippen LogP contribution < -0.4 is 0 Å². The van der Waals surface area contributed by atoms with Gasteiger partial charge in [-0.25, -0.2) is 0 Å². The topological polar surface area (TPSA) is 49.8 Å². The minimum Gasteiger partial charge on any atom is -0.394 e. The van der Waals surface area contributed by atoms with Crippen LogP contribution in [0, 0.1) is 0 Å². The maximum Gasteiger partial charge on any atom is 0.246 e. The van der Waals surface area contributed by atoms with Gasteiger partial charge in [0.25, 0.3) is 0 Å². The number of amides is 1. The lowest BCUT2D eigenvalue weighted by Gasteiger charge is -2.31. The molecule has 6 heteroatoms. The Hall–Kier alpha value is -0.880. The second-order valence-electron chi connectivity index (χ2n) is 3.93. The average Bonchev–Trinajstić information content (AvgIpc) is 2.82. The van der Waals surface area contributed by atoms with Crippen LogP contribution in [0.2, 0.25) is 4.34 Å². The molecule has 0 spiro atoms. The summed E-state index contributed by atoms with van der Waals surface area (Å²) < 4.78 is 5.99. The molecule has 2 heterocycles. The van der Waals surface area contributed by atoms with E-state index in [2.05, 4.69) is 0 Å². The van der Waals surface area contributed by atoms with Crippen LogP contribution in [-0.4, -0.2) is 48.3 Å². The second-order valence-corrected chi connectivity index (χ2v) is 5.68. The molecular weight excluding hydrogens is 274 g/mol. The lowest BCUT2D eigenvalue weighted by atomic mass is 10.2. The van der Waals surface area contributed by atoms with Crippen molar-refractivity contribution in [1.82, 2.24) is 4.90 Å². The molecule has 0 saturated carbocycles. The van der Waals surface area contributed by atoms with Gasteiger partial charge in [-0.2, -0.15) is 0 Å². The zero-order valence-corrected chi connectivity index (χ0v) is 11.3. The maximum absolute atomic E-state index is 11.9. The standard InChI is InChI=1S/C12H14ClNO3S/c13-11-3-1-10(18-11)2-4-12(16)14-5-6-17-9(7-14)8-15/h1-4,9,15H,5-8H2/b4-2+. The van der Waals surface area contributed by atoms with E-state index in [9.17, 15) is 4.79 Å². The largest absolute Gasteiger partial charge is 0.394 e. The van der Waals surface area contributed by atoms with Crippen LogP contribution in [0.15, 0.2) is 18.2 Å². The Balaban J connectivity index is 1.93. The Morgan fingerprint density at radius 2 is 2.50 bits per heavy atom. The van der Waals surface area contributed by atoms with Gasteiger partial charge >= 0.3 is 0 Å². The van der Waals surface area contributed by atoms with Gasteiger partial charge in [0, 0.05) is 24.0 Å². The van der Waals surface area contributed by atoms with Crippen LogP contribution in [0.1, 0.15) is 4.88 Å². The summed E-state index contributed by atoms with van der Waals surface area (Å²) in [5.74, 6) is -0.0683. The van der Waals surface area contributed by atoms with E-state index < -0.39 is 0 Å². The van der Waals surface area contributed by atoms with E-state index in [1.165, 1.54) is 17.4 Å². The lowest BCUT2D eigenvalue weighted by Crippen LogP contribution is -2.46. The molecule has 98 valence electrons. The molecule has 1 amide bonds. The van der Waals surface area contributed by atoms with E-state index >= 15 is 0 Å². The van der Waals surface area contributed by atoms with Crippen molar-refractivity contribution in [1.29, 1.82) is 0 Å². The van der Waals surface area contributed by atoms with E-state index in [1.54, 1.807) is 17.0 Å². The van der Waals surface area contributed by atoms with Crippen molar-refractivity contribution in [3.05, 3.63) is 27.4 Å². The minimum absolute atomic E-state index is 0.0615. The molecule has 1 atom stereocenters. The van der Waals surface area contributed by atoms with Crippen molar-refractivity contribution < 1.29 is 14.6 Å². The van der Waals surface area contributed by atoms with Gasteiger partial charge in [0.1, 0.15) is 0 Å². The van der Waals surface area contributed by atoms with Crippen molar-refractivity contribution in [2.75, 3.05) is 26.3 Å². The number of nitrogens with zero attached hydrogens (tertiary/aromatic N) is 1. The highest BCUT2D eigenvalue weighted by Gasteiger charge is 2.22. The number of carbonyl (C=O) groups is 1. The molecule has 1 aliphatic rings. The summed E-state index contributed by atoms with van der Waals surface area (Å²) in [6.07, 6.45) is 3.01. The fraction of sp³-hybridized carbons (Fsp3) is 0.417. The summed E-state index contributed by atoms with van der Waals surface area (Å²) in [7, 11) is 0. The van der Waals surface area contributed by atoms with Crippen LogP contribution in [0.3, 0.4) is 0 Å². The van der Waals surface area contributed by atoms with E-state index in [0.29, 0.717) is 24.0 Å². The first kappa shape index (κ1) is 13.5. The van der Waals surface area contributed by atoms with E-state index in [1.807, 2.05) is 6.07 Å².